The molecule has 0 amide bonds. The number of imidazole rings is 1. The molecular weight excluding hydrogens is 472 g/mol. The zero-order valence-electron chi connectivity index (χ0n) is 19.5. The lowest BCUT2D eigenvalue weighted by atomic mass is 9.98. The Kier molecular flexibility index (Phi) is 5.89. The van der Waals surface area contributed by atoms with E-state index >= 15 is 0 Å². The van der Waals surface area contributed by atoms with Crippen LogP contribution in [0.3, 0.4) is 0 Å². The minimum Gasteiger partial charge on any atom is -0.492 e. The zero-order valence-corrected chi connectivity index (χ0v) is 20.3. The summed E-state index contributed by atoms with van der Waals surface area (Å²) in [5, 5.41) is 11.1. The fraction of sp³-hybridized carbons (Fsp3) is 0.208. The quantitative estimate of drug-likeness (QED) is 0.392. The molecule has 4 rings (SSSR count). The van der Waals surface area contributed by atoms with Gasteiger partial charge < -0.3 is 14.5 Å². The molecule has 0 aliphatic carbocycles. The van der Waals surface area contributed by atoms with E-state index in [1.165, 1.54) is 35.3 Å². The second kappa shape index (κ2) is 8.58. The van der Waals surface area contributed by atoms with Gasteiger partial charge in [-0.05, 0) is 39.0 Å². The Labute approximate surface area is 201 Å². The highest BCUT2D eigenvalue weighted by molar-refractivity contribution is 7.92. The Morgan fingerprint density at radius 2 is 1.77 bits per heavy atom. The minimum atomic E-state index is -4.01. The number of aromatic hydroxyl groups is 1. The number of rotatable bonds is 6. The first-order valence-electron chi connectivity index (χ1n) is 10.6. The lowest BCUT2D eigenvalue weighted by Gasteiger charge is -2.17. The number of hydrogen-bond donors (Lipinski definition) is 2. The molecule has 2 N–H and O–H groups in total. The molecule has 182 valence electrons. The van der Waals surface area contributed by atoms with Gasteiger partial charge in [-0.2, -0.15) is 8.42 Å². The highest BCUT2D eigenvalue weighted by atomic mass is 32.2. The molecule has 2 aromatic carbocycles. The van der Waals surface area contributed by atoms with Gasteiger partial charge in [0.25, 0.3) is 10.0 Å². The summed E-state index contributed by atoms with van der Waals surface area (Å²) in [5.74, 6) is -1.72. The summed E-state index contributed by atoms with van der Waals surface area (Å²) in [4.78, 5) is 35.2. The van der Waals surface area contributed by atoms with E-state index in [9.17, 15) is 23.1 Å². The van der Waals surface area contributed by atoms with Crippen molar-refractivity contribution < 1.29 is 28.0 Å². The van der Waals surface area contributed by atoms with Gasteiger partial charge in [0, 0.05) is 24.2 Å². The summed E-state index contributed by atoms with van der Waals surface area (Å²) in [5.41, 5.74) is -0.422. The van der Waals surface area contributed by atoms with Crippen LogP contribution in [0.5, 0.6) is 5.88 Å². The van der Waals surface area contributed by atoms with Crippen LogP contribution < -0.4 is 9.56 Å². The van der Waals surface area contributed by atoms with Crippen molar-refractivity contribution in [2.75, 3.05) is 4.72 Å². The summed E-state index contributed by atoms with van der Waals surface area (Å²) in [6.45, 7) is 4.92. The maximum atomic E-state index is 13.2. The van der Waals surface area contributed by atoms with Crippen LogP contribution in [0.1, 0.15) is 36.7 Å². The van der Waals surface area contributed by atoms with Crippen LogP contribution in [-0.2, 0) is 21.9 Å². The number of aryl methyl sites for hydroxylation is 1. The molecule has 0 aliphatic heterocycles. The molecule has 0 unspecified atom stereocenters. The number of carbonyl (C=O) groups is 2. The molecule has 35 heavy (non-hydrogen) atoms. The number of carbonyl (C=O) groups excluding carboxylic acids is 2. The van der Waals surface area contributed by atoms with Gasteiger partial charge in [-0.15, -0.1) is 4.73 Å². The van der Waals surface area contributed by atoms with Gasteiger partial charge in [0.05, 0.1) is 28.5 Å². The average Bonchev–Trinajstić information content (AvgIpc) is 3.35. The van der Waals surface area contributed by atoms with Crippen LogP contribution in [0, 0.1) is 5.41 Å². The molecule has 4 aromatic rings. The van der Waals surface area contributed by atoms with Crippen molar-refractivity contribution in [1.29, 1.82) is 0 Å². The number of aromatic nitrogens is 3. The van der Waals surface area contributed by atoms with Crippen molar-refractivity contribution in [3.8, 4) is 5.88 Å². The molecule has 0 saturated heterocycles. The van der Waals surface area contributed by atoms with Crippen LogP contribution in [0.15, 0.2) is 66.1 Å². The molecule has 0 radical (unpaired) electrons. The summed E-state index contributed by atoms with van der Waals surface area (Å²) in [7, 11) is -2.37. The SMILES string of the molecule is Cn1cnc(S(=O)(=O)Nc2ccc3c(C(=O)c4ccccc4)c(O)n(OC(=O)C(C)(C)C)c3c2)c1. The molecular formula is C24H24N4O6S. The highest BCUT2D eigenvalue weighted by Crippen LogP contribution is 2.35. The first kappa shape index (κ1) is 24.0. The maximum Gasteiger partial charge on any atom is 0.338 e. The lowest BCUT2D eigenvalue weighted by Crippen LogP contribution is -2.31. The summed E-state index contributed by atoms with van der Waals surface area (Å²) < 4.78 is 30.2. The predicted octanol–water partition coefficient (Wildman–Crippen LogP) is 3.11. The van der Waals surface area contributed by atoms with Gasteiger partial charge in [-0.1, -0.05) is 30.3 Å². The first-order chi connectivity index (χ1) is 16.4. The molecule has 0 aliphatic rings. The van der Waals surface area contributed by atoms with Gasteiger partial charge in [0.15, 0.2) is 10.8 Å². The highest BCUT2D eigenvalue weighted by Gasteiger charge is 2.30. The third kappa shape index (κ3) is 4.62. The number of ketones is 1. The van der Waals surface area contributed by atoms with Crippen molar-refractivity contribution in [1.82, 2.24) is 14.3 Å². The summed E-state index contributed by atoms with van der Waals surface area (Å²) in [6.07, 6.45) is 2.70. The van der Waals surface area contributed by atoms with E-state index in [4.69, 9.17) is 4.84 Å². The number of anilines is 1. The summed E-state index contributed by atoms with van der Waals surface area (Å²) in [6, 6.07) is 12.6. The second-order valence-electron chi connectivity index (χ2n) is 9.03. The molecule has 11 heteroatoms. The molecule has 0 atom stereocenters. The van der Waals surface area contributed by atoms with Crippen molar-refractivity contribution in [2.24, 2.45) is 12.5 Å². The molecule has 10 nitrogen and oxygen atoms in total. The van der Waals surface area contributed by atoms with E-state index in [0.29, 0.717) is 5.56 Å². The van der Waals surface area contributed by atoms with E-state index in [1.54, 1.807) is 58.2 Å². The molecule has 0 spiro atoms. The van der Waals surface area contributed by atoms with E-state index in [0.717, 1.165) is 4.73 Å². The van der Waals surface area contributed by atoms with Gasteiger partial charge in [0.1, 0.15) is 0 Å². The van der Waals surface area contributed by atoms with Gasteiger partial charge >= 0.3 is 5.97 Å². The Bertz CT molecular complexity index is 1550. The molecule has 2 aromatic heterocycles. The van der Waals surface area contributed by atoms with E-state index < -0.39 is 33.1 Å². The van der Waals surface area contributed by atoms with Crippen LogP contribution >= 0.6 is 0 Å². The number of fused-ring (bicyclic) bond motifs is 1. The monoisotopic (exact) mass is 496 g/mol. The third-order valence-corrected chi connectivity index (χ3v) is 6.43. The standard InChI is InChI=1S/C24H24N4O6S/c1-24(2,3)23(31)34-28-18-12-16(26-35(32,33)19-13-27(4)14-25-19)10-11-17(18)20(22(28)30)21(29)15-8-6-5-7-9-15/h5-14,26,30H,1-4H3. The van der Waals surface area contributed by atoms with Gasteiger partial charge in [-0.25, -0.2) is 9.78 Å². The molecule has 0 saturated carbocycles. The topological polar surface area (TPSA) is 133 Å². The number of benzene rings is 2. The van der Waals surface area contributed by atoms with Crippen LogP contribution in [0.4, 0.5) is 5.69 Å². The van der Waals surface area contributed by atoms with E-state index in [-0.39, 0.29) is 27.2 Å². The lowest BCUT2D eigenvalue weighted by molar-refractivity contribution is -0.153. The van der Waals surface area contributed by atoms with Crippen molar-refractivity contribution in [2.45, 2.75) is 25.8 Å². The number of hydrogen-bond acceptors (Lipinski definition) is 7. The Morgan fingerprint density at radius 3 is 2.37 bits per heavy atom. The zero-order chi connectivity index (χ0) is 25.5. The Hall–Kier alpha value is -4.12. The van der Waals surface area contributed by atoms with E-state index in [2.05, 4.69) is 9.71 Å². The van der Waals surface area contributed by atoms with Crippen molar-refractivity contribution >= 4 is 38.4 Å². The largest absolute Gasteiger partial charge is 0.492 e. The van der Waals surface area contributed by atoms with E-state index in [1.807, 2.05) is 0 Å². The molecule has 2 heterocycles. The number of nitrogens with one attached hydrogen (secondary N) is 1. The fourth-order valence-corrected chi connectivity index (χ4v) is 4.35. The second-order valence-corrected chi connectivity index (χ2v) is 10.7. The van der Waals surface area contributed by atoms with Crippen LogP contribution in [0.25, 0.3) is 10.9 Å². The van der Waals surface area contributed by atoms with Crippen molar-refractivity contribution in [3.05, 3.63) is 72.2 Å². The normalized spacial score (nSPS) is 12.0. The molecule has 0 bridgehead atoms. The predicted molar refractivity (Wildman–Crippen MR) is 129 cm³/mol. The maximum absolute atomic E-state index is 13.2. The Balaban J connectivity index is 1.85. The number of sulfonamides is 1. The van der Waals surface area contributed by atoms with Crippen LogP contribution in [-0.4, -0.2) is 39.6 Å². The first-order valence-corrected chi connectivity index (χ1v) is 12.1. The van der Waals surface area contributed by atoms with Gasteiger partial charge in [-0.3, -0.25) is 9.52 Å². The minimum absolute atomic E-state index is 0.0768. The molecule has 0 fully saturated rings. The average molecular weight is 497 g/mol. The summed E-state index contributed by atoms with van der Waals surface area (Å²) >= 11 is 0. The smallest absolute Gasteiger partial charge is 0.338 e. The van der Waals surface area contributed by atoms with Crippen LogP contribution in [0.2, 0.25) is 0 Å². The number of nitrogens with zero attached hydrogens (tertiary/aromatic N) is 3. The Morgan fingerprint density at radius 1 is 1.09 bits per heavy atom. The van der Waals surface area contributed by atoms with Crippen molar-refractivity contribution in [3.63, 3.8) is 0 Å². The third-order valence-electron chi connectivity index (χ3n) is 5.16. The fourth-order valence-electron chi connectivity index (χ4n) is 3.32. The van der Waals surface area contributed by atoms with Gasteiger partial charge in [0.2, 0.25) is 5.88 Å².